The highest BCUT2D eigenvalue weighted by molar-refractivity contribution is 6.84. The van der Waals surface area contributed by atoms with Crippen LogP contribution in [0, 0.1) is 0 Å². The van der Waals surface area contributed by atoms with Gasteiger partial charge in [0.15, 0.2) is 25.0 Å². The van der Waals surface area contributed by atoms with Crippen LogP contribution in [-0.4, -0.2) is 78.1 Å². The van der Waals surface area contributed by atoms with Gasteiger partial charge in [-0.25, -0.2) is 0 Å². The van der Waals surface area contributed by atoms with Gasteiger partial charge in [0.2, 0.25) is 0 Å². The third-order valence-electron chi connectivity index (χ3n) is 5.58. The predicted molar refractivity (Wildman–Crippen MR) is 135 cm³/mol. The van der Waals surface area contributed by atoms with E-state index < -0.39 is 42.6 Å². The molecule has 0 aliphatic heterocycles. The minimum Gasteiger partial charge on any atom is -0.420 e. The minimum atomic E-state index is -2.76. The second kappa shape index (κ2) is 12.9. The summed E-state index contributed by atoms with van der Waals surface area (Å²) in [6, 6.07) is 4.41. The highest BCUT2D eigenvalue weighted by atomic mass is 28.5. The van der Waals surface area contributed by atoms with Crippen LogP contribution >= 0.6 is 0 Å². The van der Waals surface area contributed by atoms with Crippen LogP contribution in [0.3, 0.4) is 0 Å². The van der Waals surface area contributed by atoms with Gasteiger partial charge in [0.1, 0.15) is 0 Å². The van der Waals surface area contributed by atoms with E-state index in [9.17, 15) is 0 Å². The zero-order valence-corrected chi connectivity index (χ0v) is 26.6. The summed E-state index contributed by atoms with van der Waals surface area (Å²) in [5, 5.41) is 0. The molecule has 0 aromatic carbocycles. The predicted octanol–water partition coefficient (Wildman–Crippen LogP) is 5.15. The standard InChI is InChI=1S/C18H48O7Si5/c1-13-14-27(9,10)24-30(22-5,23-6)18-16-28(11,12)25-29(20-3,21-4)17-15-26(7,8)19-2/h13-18H2,1-12H3. The van der Waals surface area contributed by atoms with Crippen LogP contribution in [0.4, 0.5) is 0 Å². The molecule has 0 unspecified atom stereocenters. The molecule has 0 aliphatic carbocycles. The zero-order chi connectivity index (χ0) is 23.7. The smallest absolute Gasteiger partial charge is 0.420 e. The lowest BCUT2D eigenvalue weighted by atomic mass is 10.6. The molecule has 0 aromatic heterocycles. The summed E-state index contributed by atoms with van der Waals surface area (Å²) < 4.78 is 42.5. The maximum absolute atomic E-state index is 6.69. The van der Waals surface area contributed by atoms with Gasteiger partial charge in [0.25, 0.3) is 0 Å². The van der Waals surface area contributed by atoms with E-state index in [0.717, 1.165) is 36.6 Å². The minimum absolute atomic E-state index is 0.746. The summed E-state index contributed by atoms with van der Waals surface area (Å²) >= 11 is 0. The molecule has 0 saturated heterocycles. The molecule has 0 amide bonds. The molecule has 0 radical (unpaired) electrons. The lowest BCUT2D eigenvalue weighted by molar-refractivity contribution is 0.152. The lowest BCUT2D eigenvalue weighted by Gasteiger charge is -2.39. The van der Waals surface area contributed by atoms with E-state index in [4.69, 9.17) is 30.4 Å². The van der Waals surface area contributed by atoms with E-state index in [0.29, 0.717) is 0 Å². The Morgan fingerprint density at radius 3 is 1.07 bits per heavy atom. The number of hydrogen-bond donors (Lipinski definition) is 0. The largest absolute Gasteiger partial charge is 0.489 e. The van der Waals surface area contributed by atoms with Gasteiger partial charge in [0.05, 0.1) is 0 Å². The monoisotopic (exact) mass is 516 g/mol. The van der Waals surface area contributed by atoms with E-state index in [2.05, 4.69) is 46.2 Å². The molecule has 7 nitrogen and oxygen atoms in total. The third-order valence-corrected chi connectivity index (χ3v) is 23.4. The molecule has 12 heteroatoms. The molecule has 0 aliphatic rings. The van der Waals surface area contributed by atoms with Crippen molar-refractivity contribution in [1.82, 2.24) is 0 Å². The molecule has 0 atom stereocenters. The van der Waals surface area contributed by atoms with Gasteiger partial charge < -0.3 is 30.4 Å². The first-order valence-corrected chi connectivity index (χ1v) is 24.1. The summed E-state index contributed by atoms with van der Waals surface area (Å²) in [7, 11) is -2.58. The molecule has 0 N–H and O–H groups in total. The van der Waals surface area contributed by atoms with Gasteiger partial charge in [-0.3, -0.25) is 0 Å². The molecule has 182 valence electrons. The van der Waals surface area contributed by atoms with Crippen LogP contribution in [-0.2, 0) is 30.4 Å². The maximum atomic E-state index is 6.69. The fourth-order valence-corrected chi connectivity index (χ4v) is 22.9. The van der Waals surface area contributed by atoms with Gasteiger partial charge in [-0.2, -0.15) is 0 Å². The maximum Gasteiger partial charge on any atom is 0.489 e. The molecular formula is C18H48O7Si5. The van der Waals surface area contributed by atoms with Crippen LogP contribution in [0.15, 0.2) is 0 Å². The van der Waals surface area contributed by atoms with Gasteiger partial charge in [-0.1, -0.05) is 13.3 Å². The summed E-state index contributed by atoms with van der Waals surface area (Å²) in [6.07, 6.45) is 1.11. The Bertz CT molecular complexity index is 484. The number of rotatable bonds is 17. The van der Waals surface area contributed by atoms with E-state index >= 15 is 0 Å². The highest BCUT2D eigenvalue weighted by Gasteiger charge is 2.49. The van der Waals surface area contributed by atoms with Crippen molar-refractivity contribution >= 4 is 42.6 Å². The van der Waals surface area contributed by atoms with Gasteiger partial charge in [0, 0.05) is 47.6 Å². The van der Waals surface area contributed by atoms with E-state index in [1.807, 2.05) is 0 Å². The molecule has 0 rings (SSSR count). The van der Waals surface area contributed by atoms with Crippen LogP contribution in [0.2, 0.25) is 69.5 Å². The first-order valence-electron chi connectivity index (χ1n) is 10.9. The van der Waals surface area contributed by atoms with Crippen LogP contribution in [0.25, 0.3) is 0 Å². The van der Waals surface area contributed by atoms with E-state index in [1.165, 1.54) is 0 Å². The van der Waals surface area contributed by atoms with Crippen molar-refractivity contribution < 1.29 is 30.4 Å². The van der Waals surface area contributed by atoms with E-state index in [1.54, 1.807) is 35.5 Å². The highest BCUT2D eigenvalue weighted by Crippen LogP contribution is 2.32. The van der Waals surface area contributed by atoms with Crippen LogP contribution in [0.1, 0.15) is 13.3 Å². The summed E-state index contributed by atoms with van der Waals surface area (Å²) in [5.74, 6) is 0. The van der Waals surface area contributed by atoms with E-state index in [-0.39, 0.29) is 0 Å². The van der Waals surface area contributed by atoms with Gasteiger partial charge in [-0.15, -0.1) is 0 Å². The molecule has 0 saturated carbocycles. The summed E-state index contributed by atoms with van der Waals surface area (Å²) in [6.45, 7) is 15.5. The Morgan fingerprint density at radius 2 is 0.767 bits per heavy atom. The normalized spacial score (nSPS) is 14.4. The van der Waals surface area contributed by atoms with Crippen molar-refractivity contribution in [2.24, 2.45) is 0 Å². The molecule has 0 aromatic rings. The van der Waals surface area contributed by atoms with Crippen LogP contribution in [0.5, 0.6) is 0 Å². The number of hydrogen-bond acceptors (Lipinski definition) is 7. The molecule has 0 heterocycles. The Balaban J connectivity index is 5.30. The Kier molecular flexibility index (Phi) is 13.2. The average Bonchev–Trinajstić information content (AvgIpc) is 2.68. The Hall–Kier alpha value is 0.804. The topological polar surface area (TPSA) is 64.6 Å². The molecule has 0 bridgehead atoms. The van der Waals surface area contributed by atoms with Gasteiger partial charge >= 0.3 is 17.6 Å². The third kappa shape index (κ3) is 10.6. The fraction of sp³-hybridized carbons (Fsp3) is 1.00. The van der Waals surface area contributed by atoms with Crippen molar-refractivity contribution in [3.05, 3.63) is 0 Å². The summed E-state index contributed by atoms with van der Waals surface area (Å²) in [4.78, 5) is 0. The van der Waals surface area contributed by atoms with Crippen molar-refractivity contribution in [3.8, 4) is 0 Å². The quantitative estimate of drug-likeness (QED) is 0.248. The lowest BCUT2D eigenvalue weighted by Crippen LogP contribution is -2.55. The van der Waals surface area contributed by atoms with Crippen molar-refractivity contribution in [2.45, 2.75) is 82.8 Å². The molecule has 0 fully saturated rings. The van der Waals surface area contributed by atoms with Crippen LogP contribution < -0.4 is 0 Å². The average molecular weight is 517 g/mol. The second-order valence-corrected chi connectivity index (χ2v) is 29.1. The Labute approximate surface area is 191 Å². The van der Waals surface area contributed by atoms with Gasteiger partial charge in [-0.05, 0) is 57.4 Å². The first kappa shape index (κ1) is 30.8. The molecule has 0 spiro atoms. The summed E-state index contributed by atoms with van der Waals surface area (Å²) in [5.41, 5.74) is 0. The zero-order valence-electron chi connectivity index (χ0n) is 21.6. The SMILES string of the molecule is CCC[Si](C)(C)O[Si](CC[Si](C)(C)O[Si](CC[Si](C)(C)OC)(OC)OC)(OC)OC. The second-order valence-electron chi connectivity index (χ2n) is 9.62. The molecular weight excluding hydrogens is 469 g/mol. The molecule has 30 heavy (non-hydrogen) atoms. The fourth-order valence-electron chi connectivity index (χ4n) is 3.40. The van der Waals surface area contributed by atoms with Crippen molar-refractivity contribution in [3.63, 3.8) is 0 Å². The van der Waals surface area contributed by atoms with Crippen molar-refractivity contribution in [1.29, 1.82) is 0 Å². The Morgan fingerprint density at radius 1 is 0.433 bits per heavy atom. The first-order chi connectivity index (χ1) is 13.7. The van der Waals surface area contributed by atoms with Crippen molar-refractivity contribution in [2.75, 3.05) is 35.5 Å².